The van der Waals surface area contributed by atoms with Crippen molar-refractivity contribution in [2.45, 2.75) is 38.3 Å². The van der Waals surface area contributed by atoms with E-state index in [0.717, 1.165) is 4.90 Å². The highest BCUT2D eigenvalue weighted by molar-refractivity contribution is 6.21. The number of benzene rings is 2. The summed E-state index contributed by atoms with van der Waals surface area (Å²) in [5.41, 5.74) is 1.09. The van der Waals surface area contributed by atoms with Crippen LogP contribution in [0.2, 0.25) is 0 Å². The SMILES string of the molecule is CCOC(=O)[C@H](CCCCN1C(=O)c2ccccc2C1=O)NC1COc2ccccc2N(CC(=O)O)C1=O.Cl. The predicted molar refractivity (Wildman–Crippen MR) is 142 cm³/mol. The van der Waals surface area contributed by atoms with Gasteiger partial charge in [0.05, 0.1) is 23.4 Å². The molecular weight excluding hydrogens is 530 g/mol. The number of aliphatic carboxylic acids is 1. The normalized spacial score (nSPS) is 16.9. The maximum Gasteiger partial charge on any atom is 0.323 e. The lowest BCUT2D eigenvalue weighted by Crippen LogP contribution is -2.54. The van der Waals surface area contributed by atoms with Crippen LogP contribution < -0.4 is 15.0 Å². The van der Waals surface area contributed by atoms with Gasteiger partial charge in [-0.1, -0.05) is 24.3 Å². The number of rotatable bonds is 11. The summed E-state index contributed by atoms with van der Waals surface area (Å²) in [6, 6.07) is 11.4. The molecule has 0 aliphatic carbocycles. The number of nitrogens with one attached hydrogen (secondary N) is 1. The minimum atomic E-state index is -1.19. The highest BCUT2D eigenvalue weighted by atomic mass is 35.5. The summed E-state index contributed by atoms with van der Waals surface area (Å²) in [7, 11) is 0. The lowest BCUT2D eigenvalue weighted by molar-refractivity contribution is -0.146. The molecule has 2 atom stereocenters. The first-order chi connectivity index (χ1) is 18.3. The third kappa shape index (κ3) is 6.55. The van der Waals surface area contributed by atoms with Gasteiger partial charge in [0.15, 0.2) is 0 Å². The Morgan fingerprint density at radius 2 is 1.67 bits per heavy atom. The zero-order valence-corrected chi connectivity index (χ0v) is 22.1. The molecule has 0 bridgehead atoms. The van der Waals surface area contributed by atoms with E-state index in [1.807, 2.05) is 0 Å². The number of fused-ring (bicyclic) bond motifs is 2. The molecule has 2 heterocycles. The van der Waals surface area contributed by atoms with Crippen molar-refractivity contribution >= 4 is 47.8 Å². The summed E-state index contributed by atoms with van der Waals surface area (Å²) in [4.78, 5) is 65.0. The second-order valence-corrected chi connectivity index (χ2v) is 8.92. The van der Waals surface area contributed by atoms with Gasteiger partial charge in [0.25, 0.3) is 11.8 Å². The first-order valence-electron chi connectivity index (χ1n) is 12.4. The first-order valence-corrected chi connectivity index (χ1v) is 12.4. The lowest BCUT2D eigenvalue weighted by atomic mass is 10.1. The molecule has 2 aromatic rings. The van der Waals surface area contributed by atoms with Crippen molar-refractivity contribution in [1.29, 1.82) is 0 Å². The van der Waals surface area contributed by atoms with Crippen molar-refractivity contribution < 1.29 is 38.6 Å². The van der Waals surface area contributed by atoms with Crippen molar-refractivity contribution in [3.8, 4) is 5.75 Å². The van der Waals surface area contributed by atoms with Crippen LogP contribution in [0.25, 0.3) is 0 Å². The Morgan fingerprint density at radius 3 is 2.31 bits per heavy atom. The largest absolute Gasteiger partial charge is 0.489 e. The molecule has 0 saturated carbocycles. The van der Waals surface area contributed by atoms with E-state index >= 15 is 0 Å². The molecule has 2 aromatic carbocycles. The molecule has 0 spiro atoms. The van der Waals surface area contributed by atoms with Crippen LogP contribution in [-0.2, 0) is 19.1 Å². The number of hydrogen-bond donors (Lipinski definition) is 2. The van der Waals surface area contributed by atoms with Gasteiger partial charge in [-0.3, -0.25) is 39.1 Å². The van der Waals surface area contributed by atoms with Crippen molar-refractivity contribution in [2.75, 3.05) is 31.2 Å². The standard InChI is InChI=1S/C27H29N3O8.ClH/c1-2-37-27(36)19(11-7-8-14-29-24(33)17-9-3-4-10-18(17)25(29)34)28-20-16-38-22-13-6-5-12-21(22)30(26(20)35)15-23(31)32;/h3-6,9-10,12-13,19-20,28H,2,7-8,11,14-16H2,1H3,(H,31,32);1H/t19-,20?;/m0./s1. The van der Waals surface area contributed by atoms with Crippen LogP contribution in [0.1, 0.15) is 46.9 Å². The molecule has 0 saturated heterocycles. The Labute approximate surface area is 231 Å². The Bertz CT molecular complexity index is 1220. The van der Waals surface area contributed by atoms with E-state index in [1.54, 1.807) is 55.5 Å². The van der Waals surface area contributed by atoms with Gasteiger partial charge in [-0.05, 0) is 50.5 Å². The summed E-state index contributed by atoms with van der Waals surface area (Å²) in [6.07, 6.45) is 1.15. The number of carbonyl (C=O) groups excluding carboxylic acids is 4. The number of imide groups is 1. The number of ether oxygens (including phenoxy) is 2. The fraction of sp³-hybridized carbons (Fsp3) is 0.370. The summed E-state index contributed by atoms with van der Waals surface area (Å²) in [5, 5.41) is 12.4. The van der Waals surface area contributed by atoms with Crippen LogP contribution in [0, 0.1) is 0 Å². The molecular formula is C27H30ClN3O8. The van der Waals surface area contributed by atoms with E-state index in [-0.39, 0.29) is 50.4 Å². The van der Waals surface area contributed by atoms with Gasteiger partial charge in [0.1, 0.15) is 31.0 Å². The van der Waals surface area contributed by atoms with Gasteiger partial charge in [0.2, 0.25) is 5.91 Å². The van der Waals surface area contributed by atoms with Gasteiger partial charge in [-0.25, -0.2) is 0 Å². The van der Waals surface area contributed by atoms with Crippen molar-refractivity contribution in [2.24, 2.45) is 0 Å². The van der Waals surface area contributed by atoms with Gasteiger partial charge in [0, 0.05) is 6.54 Å². The number of hydrogen-bond acceptors (Lipinski definition) is 8. The molecule has 39 heavy (non-hydrogen) atoms. The van der Waals surface area contributed by atoms with E-state index in [4.69, 9.17) is 9.47 Å². The summed E-state index contributed by atoms with van der Waals surface area (Å²) in [6.45, 7) is 1.31. The highest BCUT2D eigenvalue weighted by Gasteiger charge is 2.36. The summed E-state index contributed by atoms with van der Waals surface area (Å²) < 4.78 is 11.0. The van der Waals surface area contributed by atoms with Crippen molar-refractivity contribution in [3.05, 3.63) is 59.7 Å². The minimum absolute atomic E-state index is 0. The number of anilines is 1. The van der Waals surface area contributed by atoms with E-state index in [9.17, 15) is 29.1 Å². The maximum absolute atomic E-state index is 13.3. The second-order valence-electron chi connectivity index (χ2n) is 8.92. The number of unbranched alkanes of at least 4 members (excludes halogenated alkanes) is 1. The molecule has 12 heteroatoms. The van der Waals surface area contributed by atoms with Crippen LogP contribution in [0.3, 0.4) is 0 Å². The van der Waals surface area contributed by atoms with Crippen LogP contribution >= 0.6 is 12.4 Å². The number of carbonyl (C=O) groups is 5. The monoisotopic (exact) mass is 559 g/mol. The van der Waals surface area contributed by atoms with Crippen molar-refractivity contribution in [1.82, 2.24) is 10.2 Å². The van der Waals surface area contributed by atoms with Gasteiger partial charge >= 0.3 is 11.9 Å². The number of esters is 1. The Balaban J connectivity index is 0.00000420. The van der Waals surface area contributed by atoms with E-state index in [2.05, 4.69) is 5.32 Å². The zero-order valence-electron chi connectivity index (χ0n) is 21.3. The Hall–Kier alpha value is -3.96. The fourth-order valence-electron chi connectivity index (χ4n) is 4.59. The van der Waals surface area contributed by atoms with Gasteiger partial charge in [-0.15, -0.1) is 12.4 Å². The molecule has 1 unspecified atom stereocenters. The topological polar surface area (TPSA) is 143 Å². The Kier molecular flexibility index (Phi) is 10.0. The smallest absolute Gasteiger partial charge is 0.323 e. The lowest BCUT2D eigenvalue weighted by Gasteiger charge is -2.26. The number of para-hydroxylation sites is 2. The van der Waals surface area contributed by atoms with Gasteiger partial charge < -0.3 is 14.6 Å². The third-order valence-electron chi connectivity index (χ3n) is 6.40. The van der Waals surface area contributed by atoms with E-state index in [0.29, 0.717) is 35.4 Å². The number of amides is 3. The maximum atomic E-state index is 13.3. The van der Waals surface area contributed by atoms with E-state index < -0.39 is 36.5 Å². The summed E-state index contributed by atoms with van der Waals surface area (Å²) in [5.74, 6) is -2.62. The number of halogens is 1. The van der Waals surface area contributed by atoms with Crippen molar-refractivity contribution in [3.63, 3.8) is 0 Å². The third-order valence-corrected chi connectivity index (χ3v) is 6.40. The molecule has 2 aliphatic heterocycles. The molecule has 3 amide bonds. The Morgan fingerprint density at radius 1 is 1.03 bits per heavy atom. The average Bonchev–Trinajstić information content (AvgIpc) is 3.07. The summed E-state index contributed by atoms with van der Waals surface area (Å²) >= 11 is 0. The minimum Gasteiger partial charge on any atom is -0.489 e. The second kappa shape index (κ2) is 13.2. The molecule has 0 fully saturated rings. The predicted octanol–water partition coefficient (Wildman–Crippen LogP) is 2.27. The number of carboxylic acid groups (broad SMARTS) is 1. The van der Waals surface area contributed by atoms with Crippen LogP contribution in [0.4, 0.5) is 5.69 Å². The molecule has 0 radical (unpaired) electrons. The van der Waals surface area contributed by atoms with Crippen LogP contribution in [0.15, 0.2) is 48.5 Å². The zero-order chi connectivity index (χ0) is 27.2. The first kappa shape index (κ1) is 29.6. The number of nitrogens with zero attached hydrogens (tertiary/aromatic N) is 2. The van der Waals surface area contributed by atoms with Crippen LogP contribution in [-0.4, -0.2) is 78.1 Å². The highest BCUT2D eigenvalue weighted by Crippen LogP contribution is 2.31. The quantitative estimate of drug-likeness (QED) is 0.241. The molecule has 11 nitrogen and oxygen atoms in total. The van der Waals surface area contributed by atoms with Crippen LogP contribution in [0.5, 0.6) is 5.75 Å². The molecule has 2 aliphatic rings. The van der Waals surface area contributed by atoms with Gasteiger partial charge in [-0.2, -0.15) is 0 Å². The molecule has 4 rings (SSSR count). The number of carboxylic acids is 1. The van der Waals surface area contributed by atoms with E-state index in [1.165, 1.54) is 4.90 Å². The average molecular weight is 560 g/mol. The molecule has 0 aromatic heterocycles. The fourth-order valence-corrected chi connectivity index (χ4v) is 4.59. The molecule has 208 valence electrons. The molecule has 2 N–H and O–H groups in total.